The Kier molecular flexibility index (Phi) is 2.91. The highest BCUT2D eigenvalue weighted by atomic mass is 16.4. The van der Waals surface area contributed by atoms with E-state index in [9.17, 15) is 4.79 Å². The van der Waals surface area contributed by atoms with Crippen molar-refractivity contribution in [2.24, 2.45) is 0 Å². The van der Waals surface area contributed by atoms with E-state index in [1.165, 1.54) is 0 Å². The van der Waals surface area contributed by atoms with E-state index in [4.69, 9.17) is 5.11 Å². The third-order valence-electron chi connectivity index (χ3n) is 2.81. The van der Waals surface area contributed by atoms with E-state index in [-0.39, 0.29) is 0 Å². The normalized spacial score (nSPS) is 10.2. The SMILES string of the molecule is Cc1ccncc1-c1cc(C(=O)O)ccc1C. The Labute approximate surface area is 99.8 Å². The van der Waals surface area contributed by atoms with Crippen LogP contribution in [0.4, 0.5) is 0 Å². The molecular formula is C14H13NO2. The lowest BCUT2D eigenvalue weighted by atomic mass is 9.96. The van der Waals surface area contributed by atoms with Crippen molar-refractivity contribution in [1.82, 2.24) is 4.98 Å². The van der Waals surface area contributed by atoms with E-state index in [0.717, 1.165) is 22.3 Å². The molecule has 0 amide bonds. The highest BCUT2D eigenvalue weighted by Gasteiger charge is 2.09. The number of hydrogen-bond acceptors (Lipinski definition) is 2. The maximum absolute atomic E-state index is 11.0. The summed E-state index contributed by atoms with van der Waals surface area (Å²) in [4.78, 5) is 15.1. The van der Waals surface area contributed by atoms with Gasteiger partial charge < -0.3 is 5.11 Å². The molecule has 1 heterocycles. The molecule has 17 heavy (non-hydrogen) atoms. The van der Waals surface area contributed by atoms with E-state index < -0.39 is 5.97 Å². The number of aromatic nitrogens is 1. The number of carbonyl (C=O) groups is 1. The minimum Gasteiger partial charge on any atom is -0.478 e. The number of hydrogen-bond donors (Lipinski definition) is 1. The number of nitrogens with zero attached hydrogens (tertiary/aromatic N) is 1. The summed E-state index contributed by atoms with van der Waals surface area (Å²) in [5.74, 6) is -0.909. The molecule has 1 aromatic heterocycles. The fraction of sp³-hybridized carbons (Fsp3) is 0.143. The van der Waals surface area contributed by atoms with Crippen LogP contribution in [-0.4, -0.2) is 16.1 Å². The van der Waals surface area contributed by atoms with Crippen LogP contribution in [-0.2, 0) is 0 Å². The molecule has 0 saturated carbocycles. The summed E-state index contributed by atoms with van der Waals surface area (Å²) in [5, 5.41) is 9.00. The molecule has 0 radical (unpaired) electrons. The maximum Gasteiger partial charge on any atom is 0.335 e. The van der Waals surface area contributed by atoms with E-state index in [0.29, 0.717) is 5.56 Å². The lowest BCUT2D eigenvalue weighted by Gasteiger charge is -2.09. The fourth-order valence-corrected chi connectivity index (χ4v) is 1.79. The number of aromatic carboxylic acids is 1. The Morgan fingerprint density at radius 3 is 2.47 bits per heavy atom. The molecule has 86 valence electrons. The number of aryl methyl sites for hydroxylation is 2. The first-order chi connectivity index (χ1) is 8.09. The van der Waals surface area contributed by atoms with E-state index >= 15 is 0 Å². The minimum atomic E-state index is -0.909. The van der Waals surface area contributed by atoms with Crippen LogP contribution in [0.15, 0.2) is 36.7 Å². The average molecular weight is 227 g/mol. The third kappa shape index (κ3) is 2.18. The number of benzene rings is 1. The topological polar surface area (TPSA) is 50.2 Å². The van der Waals surface area contributed by atoms with Gasteiger partial charge in [-0.15, -0.1) is 0 Å². The smallest absolute Gasteiger partial charge is 0.335 e. The lowest BCUT2D eigenvalue weighted by molar-refractivity contribution is 0.0697. The van der Waals surface area contributed by atoms with Gasteiger partial charge in [0.2, 0.25) is 0 Å². The van der Waals surface area contributed by atoms with Crippen LogP contribution in [0.25, 0.3) is 11.1 Å². The summed E-state index contributed by atoms with van der Waals surface area (Å²) in [7, 11) is 0. The Hall–Kier alpha value is -2.16. The predicted octanol–water partition coefficient (Wildman–Crippen LogP) is 3.06. The maximum atomic E-state index is 11.0. The van der Waals surface area contributed by atoms with Crippen LogP contribution >= 0.6 is 0 Å². The first kappa shape index (κ1) is 11.3. The molecule has 0 aliphatic rings. The van der Waals surface area contributed by atoms with Gasteiger partial charge in [-0.25, -0.2) is 4.79 Å². The first-order valence-electron chi connectivity index (χ1n) is 5.34. The predicted molar refractivity (Wildman–Crippen MR) is 66.1 cm³/mol. The summed E-state index contributed by atoms with van der Waals surface area (Å²) in [6, 6.07) is 7.06. The molecule has 0 aliphatic heterocycles. The van der Waals surface area contributed by atoms with Gasteiger partial charge in [-0.05, 0) is 48.7 Å². The van der Waals surface area contributed by atoms with Crippen molar-refractivity contribution in [2.75, 3.05) is 0 Å². The molecule has 0 bridgehead atoms. The quantitative estimate of drug-likeness (QED) is 0.857. The summed E-state index contributed by atoms with van der Waals surface area (Å²) >= 11 is 0. The van der Waals surface area contributed by atoms with E-state index in [1.807, 2.05) is 26.0 Å². The van der Waals surface area contributed by atoms with Crippen LogP contribution < -0.4 is 0 Å². The van der Waals surface area contributed by atoms with E-state index in [1.54, 1.807) is 24.5 Å². The molecule has 0 saturated heterocycles. The van der Waals surface area contributed by atoms with Gasteiger partial charge >= 0.3 is 5.97 Å². The standard InChI is InChI=1S/C14H13NO2/c1-9-3-4-11(14(16)17)7-12(9)13-8-15-6-5-10(13)2/h3-8H,1-2H3,(H,16,17). The molecule has 3 nitrogen and oxygen atoms in total. The van der Waals surface area contributed by atoms with Gasteiger partial charge in [-0.1, -0.05) is 6.07 Å². The van der Waals surface area contributed by atoms with Gasteiger partial charge in [-0.2, -0.15) is 0 Å². The molecule has 1 N–H and O–H groups in total. The van der Waals surface area contributed by atoms with Crippen molar-refractivity contribution < 1.29 is 9.90 Å². The number of carboxylic acids is 1. The Bertz CT molecular complexity index is 576. The molecule has 0 atom stereocenters. The van der Waals surface area contributed by atoms with Crippen molar-refractivity contribution in [2.45, 2.75) is 13.8 Å². The molecule has 0 aliphatic carbocycles. The molecule has 2 rings (SSSR count). The largest absolute Gasteiger partial charge is 0.478 e. The summed E-state index contributed by atoms with van der Waals surface area (Å²) in [5.41, 5.74) is 4.34. The van der Waals surface area contributed by atoms with Crippen molar-refractivity contribution in [3.05, 3.63) is 53.3 Å². The summed E-state index contributed by atoms with van der Waals surface area (Å²) < 4.78 is 0. The third-order valence-corrected chi connectivity index (χ3v) is 2.81. The van der Waals surface area contributed by atoms with E-state index in [2.05, 4.69) is 4.98 Å². The Balaban J connectivity index is 2.63. The number of rotatable bonds is 2. The number of pyridine rings is 1. The van der Waals surface area contributed by atoms with Crippen LogP contribution in [0.3, 0.4) is 0 Å². The van der Waals surface area contributed by atoms with Gasteiger partial charge in [0.25, 0.3) is 0 Å². The second kappa shape index (κ2) is 4.37. The summed E-state index contributed by atoms with van der Waals surface area (Å²) in [6.07, 6.45) is 3.50. The van der Waals surface area contributed by atoms with Crippen molar-refractivity contribution in [3.8, 4) is 11.1 Å². The molecule has 3 heteroatoms. The monoisotopic (exact) mass is 227 g/mol. The second-order valence-electron chi connectivity index (χ2n) is 4.03. The highest BCUT2D eigenvalue weighted by molar-refractivity contribution is 5.90. The zero-order valence-electron chi connectivity index (χ0n) is 9.77. The first-order valence-corrected chi connectivity index (χ1v) is 5.34. The Morgan fingerprint density at radius 2 is 1.82 bits per heavy atom. The van der Waals surface area contributed by atoms with Gasteiger partial charge in [0.1, 0.15) is 0 Å². The van der Waals surface area contributed by atoms with Crippen molar-refractivity contribution in [3.63, 3.8) is 0 Å². The molecule has 0 spiro atoms. The fourth-order valence-electron chi connectivity index (χ4n) is 1.79. The van der Waals surface area contributed by atoms with Crippen molar-refractivity contribution in [1.29, 1.82) is 0 Å². The zero-order chi connectivity index (χ0) is 12.4. The van der Waals surface area contributed by atoms with Gasteiger partial charge in [0.15, 0.2) is 0 Å². The number of carboxylic acid groups (broad SMARTS) is 1. The minimum absolute atomic E-state index is 0.300. The molecule has 1 aromatic carbocycles. The summed E-state index contributed by atoms with van der Waals surface area (Å²) in [6.45, 7) is 3.96. The molecular weight excluding hydrogens is 214 g/mol. The van der Waals surface area contributed by atoms with Crippen LogP contribution in [0.2, 0.25) is 0 Å². The van der Waals surface area contributed by atoms with Crippen LogP contribution in [0.5, 0.6) is 0 Å². The lowest BCUT2D eigenvalue weighted by Crippen LogP contribution is -1.98. The van der Waals surface area contributed by atoms with Crippen LogP contribution in [0.1, 0.15) is 21.5 Å². The van der Waals surface area contributed by atoms with Gasteiger partial charge in [0, 0.05) is 18.0 Å². The second-order valence-corrected chi connectivity index (χ2v) is 4.03. The van der Waals surface area contributed by atoms with Gasteiger partial charge in [-0.3, -0.25) is 4.98 Å². The zero-order valence-corrected chi connectivity index (χ0v) is 9.77. The molecule has 0 unspecified atom stereocenters. The van der Waals surface area contributed by atoms with Gasteiger partial charge in [0.05, 0.1) is 5.56 Å². The van der Waals surface area contributed by atoms with Crippen molar-refractivity contribution >= 4 is 5.97 Å². The molecule has 0 fully saturated rings. The highest BCUT2D eigenvalue weighted by Crippen LogP contribution is 2.26. The molecule has 2 aromatic rings. The van der Waals surface area contributed by atoms with Crippen LogP contribution in [0, 0.1) is 13.8 Å². The Morgan fingerprint density at radius 1 is 1.12 bits per heavy atom. The average Bonchev–Trinajstić information content (AvgIpc) is 2.30.